The fourth-order valence-corrected chi connectivity index (χ4v) is 0. The zero-order valence-corrected chi connectivity index (χ0v) is 4.28. The van der Waals surface area contributed by atoms with Crippen molar-refractivity contribution in [2.45, 2.75) is 6.92 Å². The molecule has 0 unspecified atom stereocenters. The van der Waals surface area contributed by atoms with Crippen LogP contribution in [-0.2, 0) is 0 Å². The summed E-state index contributed by atoms with van der Waals surface area (Å²) in [5.74, 6) is 0. The van der Waals surface area contributed by atoms with Gasteiger partial charge in [0, 0.05) is 23.7 Å². The predicted octanol–water partition coefficient (Wildman–Crippen LogP) is -0.382. The van der Waals surface area contributed by atoms with Crippen molar-refractivity contribution in [3.05, 3.63) is 0 Å². The van der Waals surface area contributed by atoms with Crippen molar-refractivity contribution in [1.82, 2.24) is 0 Å². The molecule has 1 N–H and O–H groups in total. The number of aliphatic hydroxyl groups excluding tert-OH is 1. The Balaban J connectivity index is 0. The molecule has 0 aromatic carbocycles. The molecule has 2 radical (unpaired) electrons. The fraction of sp³-hybridized carbons (Fsp3) is 1.00. The van der Waals surface area contributed by atoms with Gasteiger partial charge in [-0.3, -0.25) is 0 Å². The third kappa shape index (κ3) is 23.6. The molecule has 0 saturated heterocycles. The third-order valence-electron chi connectivity index (χ3n) is 0. The molecule has 0 aromatic heterocycles. The second kappa shape index (κ2) is 9.77. The molecule has 0 amide bonds. The molecule has 0 aliphatic heterocycles. The van der Waals surface area contributed by atoms with Gasteiger partial charge in [0.2, 0.25) is 0 Å². The van der Waals surface area contributed by atoms with Crippen LogP contribution in [0, 0.1) is 0 Å². The van der Waals surface area contributed by atoms with Gasteiger partial charge in [-0.2, -0.15) is 0 Å². The van der Waals surface area contributed by atoms with Crippen LogP contribution in [0.25, 0.3) is 0 Å². The fourth-order valence-electron chi connectivity index (χ4n) is 0. The summed E-state index contributed by atoms with van der Waals surface area (Å²) in [4.78, 5) is 0. The van der Waals surface area contributed by atoms with Crippen LogP contribution < -0.4 is 0 Å². The first-order valence-electron chi connectivity index (χ1n) is 1.02. The van der Waals surface area contributed by atoms with E-state index < -0.39 is 0 Å². The Labute approximate surface area is 36.5 Å². The monoisotopic (exact) mass is 126 g/mol. The normalized spacial score (nSPS) is 4.50. The van der Waals surface area contributed by atoms with Gasteiger partial charge in [-0.1, -0.05) is 0 Å². The molecular formula is C2H6OSe. The first-order valence-corrected chi connectivity index (χ1v) is 1.02. The quantitative estimate of drug-likeness (QED) is 0.437. The third-order valence-corrected chi connectivity index (χ3v) is 0. The van der Waals surface area contributed by atoms with Gasteiger partial charge < -0.3 is 5.11 Å². The topological polar surface area (TPSA) is 20.2 Å². The van der Waals surface area contributed by atoms with Crippen LogP contribution in [0.3, 0.4) is 0 Å². The SMILES string of the molecule is CCO.[Se]. The molecule has 1 nitrogen and oxygen atoms in total. The minimum Gasteiger partial charge on any atom is -0.397 e. The summed E-state index contributed by atoms with van der Waals surface area (Å²) in [6.07, 6.45) is 0. The Morgan fingerprint density at radius 3 is 1.75 bits per heavy atom. The van der Waals surface area contributed by atoms with Crippen LogP contribution in [-0.4, -0.2) is 28.8 Å². The standard InChI is InChI=1S/C2H6O.Se/c1-2-3;/h3H,2H2,1H3;. The van der Waals surface area contributed by atoms with Crippen LogP contribution in [0.4, 0.5) is 0 Å². The second-order valence-corrected chi connectivity index (χ2v) is 0.316. The smallest absolute Gasteiger partial charge is 0.0402 e. The van der Waals surface area contributed by atoms with Gasteiger partial charge in [0.1, 0.15) is 0 Å². The van der Waals surface area contributed by atoms with E-state index in [0.717, 1.165) is 0 Å². The largest absolute Gasteiger partial charge is 0.397 e. The average Bonchev–Trinajstić information content (AvgIpc) is 0.918. The van der Waals surface area contributed by atoms with Gasteiger partial charge in [0.05, 0.1) is 0 Å². The van der Waals surface area contributed by atoms with E-state index in [1.807, 2.05) is 0 Å². The number of hydrogen-bond acceptors (Lipinski definition) is 1. The maximum absolute atomic E-state index is 7.57. The van der Waals surface area contributed by atoms with Gasteiger partial charge >= 0.3 is 0 Å². The van der Waals surface area contributed by atoms with Gasteiger partial charge in [0.25, 0.3) is 0 Å². The van der Waals surface area contributed by atoms with E-state index in [-0.39, 0.29) is 23.7 Å². The Morgan fingerprint density at radius 2 is 1.75 bits per heavy atom. The van der Waals surface area contributed by atoms with Crippen LogP contribution in [0.5, 0.6) is 0 Å². The molecular weight excluding hydrogens is 119 g/mol. The number of rotatable bonds is 0. The molecule has 0 aromatic rings. The van der Waals surface area contributed by atoms with Crippen LogP contribution >= 0.6 is 0 Å². The first-order chi connectivity index (χ1) is 1.41. The molecule has 0 rings (SSSR count). The molecule has 0 saturated carbocycles. The zero-order valence-electron chi connectivity index (χ0n) is 2.56. The van der Waals surface area contributed by atoms with E-state index in [9.17, 15) is 0 Å². The summed E-state index contributed by atoms with van der Waals surface area (Å²) in [6.45, 7) is 1.93. The molecule has 0 atom stereocenters. The van der Waals surface area contributed by atoms with Crippen molar-refractivity contribution in [3.63, 3.8) is 0 Å². The number of hydrogen-bond donors (Lipinski definition) is 1. The Hall–Kier alpha value is 0.479. The molecule has 0 bridgehead atoms. The maximum Gasteiger partial charge on any atom is 0.0402 e. The van der Waals surface area contributed by atoms with Gasteiger partial charge in [-0.05, 0) is 6.92 Å². The molecule has 26 valence electrons. The van der Waals surface area contributed by atoms with Gasteiger partial charge in [0.15, 0.2) is 0 Å². The van der Waals surface area contributed by atoms with Crippen molar-refractivity contribution < 1.29 is 5.11 Å². The van der Waals surface area contributed by atoms with Gasteiger partial charge in [-0.15, -0.1) is 0 Å². The number of aliphatic hydroxyl groups is 1. The van der Waals surface area contributed by atoms with E-state index >= 15 is 0 Å². The summed E-state index contributed by atoms with van der Waals surface area (Å²) in [6, 6.07) is 0. The maximum atomic E-state index is 7.57. The van der Waals surface area contributed by atoms with E-state index in [2.05, 4.69) is 0 Å². The van der Waals surface area contributed by atoms with Crippen LogP contribution in [0.15, 0.2) is 0 Å². The van der Waals surface area contributed by atoms with Gasteiger partial charge in [-0.25, -0.2) is 0 Å². The van der Waals surface area contributed by atoms with Crippen molar-refractivity contribution in [1.29, 1.82) is 0 Å². The molecule has 0 aliphatic rings. The van der Waals surface area contributed by atoms with E-state index in [1.54, 1.807) is 6.92 Å². The molecule has 4 heavy (non-hydrogen) atoms. The van der Waals surface area contributed by atoms with Crippen molar-refractivity contribution in [3.8, 4) is 0 Å². The predicted molar refractivity (Wildman–Crippen MR) is 18.5 cm³/mol. The second-order valence-electron chi connectivity index (χ2n) is 0.316. The van der Waals surface area contributed by atoms with Crippen LogP contribution in [0.2, 0.25) is 0 Å². The Morgan fingerprint density at radius 1 is 1.75 bits per heavy atom. The Kier molecular flexibility index (Phi) is 21.6. The molecule has 2 heteroatoms. The van der Waals surface area contributed by atoms with Crippen molar-refractivity contribution >= 4 is 17.1 Å². The van der Waals surface area contributed by atoms with Crippen molar-refractivity contribution in [2.75, 3.05) is 6.61 Å². The van der Waals surface area contributed by atoms with E-state index in [0.29, 0.717) is 0 Å². The molecule has 0 heterocycles. The van der Waals surface area contributed by atoms with Crippen molar-refractivity contribution in [2.24, 2.45) is 0 Å². The minimum absolute atomic E-state index is 0. The Bertz CT molecular complexity index is 6.00. The summed E-state index contributed by atoms with van der Waals surface area (Å²) in [5, 5.41) is 7.57. The minimum atomic E-state index is 0. The first kappa shape index (κ1) is 8.82. The molecule has 0 fully saturated rings. The molecule has 0 spiro atoms. The van der Waals surface area contributed by atoms with E-state index in [4.69, 9.17) is 5.11 Å². The van der Waals surface area contributed by atoms with E-state index in [1.165, 1.54) is 0 Å². The summed E-state index contributed by atoms with van der Waals surface area (Å²) >= 11 is 0. The summed E-state index contributed by atoms with van der Waals surface area (Å²) in [5.41, 5.74) is 0. The summed E-state index contributed by atoms with van der Waals surface area (Å²) in [7, 11) is 0. The average molecular weight is 125 g/mol. The van der Waals surface area contributed by atoms with Crippen LogP contribution in [0.1, 0.15) is 6.92 Å². The zero-order chi connectivity index (χ0) is 2.71. The summed E-state index contributed by atoms with van der Waals surface area (Å²) < 4.78 is 0. The molecule has 0 aliphatic carbocycles.